The number of hydrogen-bond acceptors (Lipinski definition) is 20. The van der Waals surface area contributed by atoms with Crippen molar-refractivity contribution in [3.8, 4) is 0 Å². The zero-order valence-corrected chi connectivity index (χ0v) is 47.2. The molecule has 72 heavy (non-hydrogen) atoms. The molecule has 0 heterocycles. The summed E-state index contributed by atoms with van der Waals surface area (Å²) in [4.78, 5) is 139. The first-order valence-electron chi connectivity index (χ1n) is 23.6. The van der Waals surface area contributed by atoms with Crippen LogP contribution in [0.1, 0.15) is 141 Å². The first-order chi connectivity index (χ1) is 32.8. The molecule has 0 aliphatic heterocycles. The number of methoxy groups -OCH3 is 10. The summed E-state index contributed by atoms with van der Waals surface area (Å²) in [5.41, 5.74) is -15.4. The Morgan fingerprint density at radius 2 is 0.458 bits per heavy atom. The van der Waals surface area contributed by atoms with Gasteiger partial charge in [0.2, 0.25) is 0 Å². The zero-order chi connectivity index (χ0) is 56.9. The maximum atomic E-state index is 14.4. The van der Waals surface area contributed by atoms with Gasteiger partial charge in [-0.05, 0) is 126 Å². The van der Waals surface area contributed by atoms with Crippen LogP contribution in [0.4, 0.5) is 0 Å². The van der Waals surface area contributed by atoms with E-state index in [9.17, 15) is 47.9 Å². The van der Waals surface area contributed by atoms with Crippen molar-refractivity contribution in [2.45, 2.75) is 141 Å². The number of esters is 10. The van der Waals surface area contributed by atoms with E-state index in [0.717, 1.165) is 56.9 Å². The van der Waals surface area contributed by atoms with E-state index in [2.05, 4.69) is 0 Å². The summed E-state index contributed by atoms with van der Waals surface area (Å²) in [6.07, 6.45) is -3.40. The molecule has 0 bridgehead atoms. The second-order valence-electron chi connectivity index (χ2n) is 22.5. The summed E-state index contributed by atoms with van der Waals surface area (Å²) in [5.74, 6) is -9.40. The SMILES string of the molecule is COC(=O)C(C)CC(C)(CC(C)(CC(C)(CC(C)(CC(C)(CC(C)(CC(C)(CC(C)(CC(C)(C(=O)OC)C(C)C)C(=O)OC)C(=O)OC)C(=O)OC)C(=O)OC)C(=O)OC)C(=O)OC)C(=O)OC)C(=O)OC. The minimum Gasteiger partial charge on any atom is -0.469 e. The quantitative estimate of drug-likeness (QED) is 0.0566. The molecule has 414 valence electrons. The van der Waals surface area contributed by atoms with E-state index >= 15 is 0 Å². The van der Waals surface area contributed by atoms with Crippen LogP contribution in [0.2, 0.25) is 0 Å². The maximum absolute atomic E-state index is 14.4. The van der Waals surface area contributed by atoms with Crippen molar-refractivity contribution < 1.29 is 95.3 Å². The van der Waals surface area contributed by atoms with Crippen LogP contribution in [0.25, 0.3) is 0 Å². The lowest BCUT2D eigenvalue weighted by atomic mass is 9.56. The van der Waals surface area contributed by atoms with E-state index in [-0.39, 0.29) is 31.6 Å². The van der Waals surface area contributed by atoms with Gasteiger partial charge in [0, 0.05) is 0 Å². The minimum atomic E-state index is -1.89. The van der Waals surface area contributed by atoms with Crippen molar-refractivity contribution in [1.29, 1.82) is 0 Å². The van der Waals surface area contributed by atoms with Crippen molar-refractivity contribution in [3.05, 3.63) is 0 Å². The van der Waals surface area contributed by atoms with E-state index in [1.54, 1.807) is 20.8 Å². The third kappa shape index (κ3) is 15.1. The highest BCUT2D eigenvalue weighted by molar-refractivity contribution is 5.87. The lowest BCUT2D eigenvalue weighted by molar-refractivity contribution is -0.173. The monoisotopic (exact) mass is 1030 g/mol. The first kappa shape index (κ1) is 66.7. The molecule has 0 amide bonds. The van der Waals surface area contributed by atoms with E-state index in [0.29, 0.717) is 0 Å². The van der Waals surface area contributed by atoms with E-state index in [1.165, 1.54) is 76.5 Å². The van der Waals surface area contributed by atoms with Crippen LogP contribution in [0.3, 0.4) is 0 Å². The average Bonchev–Trinajstić information content (AvgIpc) is 3.32. The van der Waals surface area contributed by atoms with Gasteiger partial charge in [0.15, 0.2) is 0 Å². The number of rotatable bonds is 29. The van der Waals surface area contributed by atoms with Crippen LogP contribution < -0.4 is 0 Å². The predicted molar refractivity (Wildman–Crippen MR) is 259 cm³/mol. The molecule has 0 aliphatic rings. The van der Waals surface area contributed by atoms with Gasteiger partial charge in [-0.3, -0.25) is 47.9 Å². The van der Waals surface area contributed by atoms with Crippen molar-refractivity contribution >= 4 is 59.7 Å². The van der Waals surface area contributed by atoms with Crippen molar-refractivity contribution in [1.82, 2.24) is 0 Å². The van der Waals surface area contributed by atoms with Gasteiger partial charge in [-0.25, -0.2) is 0 Å². The van der Waals surface area contributed by atoms with E-state index in [4.69, 9.17) is 47.4 Å². The molecule has 10 unspecified atom stereocenters. The fraction of sp³-hybridized carbons (Fsp3) is 0.808. The van der Waals surface area contributed by atoms with Crippen LogP contribution in [0.5, 0.6) is 0 Å². The smallest absolute Gasteiger partial charge is 0.311 e. The summed E-state index contributed by atoms with van der Waals surface area (Å²) in [6.45, 7) is 18.4. The molecule has 0 rings (SSSR count). The second-order valence-corrected chi connectivity index (χ2v) is 22.5. The van der Waals surface area contributed by atoms with Gasteiger partial charge < -0.3 is 47.4 Å². The highest BCUT2D eigenvalue weighted by atomic mass is 16.6. The third-order valence-electron chi connectivity index (χ3n) is 14.9. The molecule has 0 radical (unpaired) electrons. The molecule has 0 aliphatic carbocycles. The molecular formula is C52H86O20. The molecule has 0 fully saturated rings. The van der Waals surface area contributed by atoms with Gasteiger partial charge in [0.1, 0.15) is 0 Å². The fourth-order valence-electron chi connectivity index (χ4n) is 12.2. The lowest BCUT2D eigenvalue weighted by Crippen LogP contribution is -2.51. The molecule has 0 aromatic heterocycles. The molecular weight excluding hydrogens is 945 g/mol. The van der Waals surface area contributed by atoms with Gasteiger partial charge in [-0.15, -0.1) is 0 Å². The summed E-state index contributed by atoms with van der Waals surface area (Å²) in [5, 5.41) is 0. The number of carbonyl (C=O) groups is 10. The Bertz CT molecular complexity index is 2000. The normalized spacial score (nSPS) is 19.4. The topological polar surface area (TPSA) is 263 Å². The minimum absolute atomic E-state index is 0.147. The Balaban J connectivity index is 8.25. The molecule has 0 saturated heterocycles. The number of hydrogen-bond donors (Lipinski definition) is 0. The molecule has 20 nitrogen and oxygen atoms in total. The average molecular weight is 1030 g/mol. The summed E-state index contributed by atoms with van der Waals surface area (Å²) < 4.78 is 52.5. The fourth-order valence-corrected chi connectivity index (χ4v) is 12.2. The second kappa shape index (κ2) is 25.6. The third-order valence-corrected chi connectivity index (χ3v) is 14.9. The van der Waals surface area contributed by atoms with Crippen LogP contribution >= 0.6 is 0 Å². The van der Waals surface area contributed by atoms with Gasteiger partial charge in [0.25, 0.3) is 0 Å². The highest BCUT2D eigenvalue weighted by Crippen LogP contribution is 2.57. The van der Waals surface area contributed by atoms with Crippen LogP contribution in [-0.2, 0) is 95.3 Å². The standard InChI is InChI=1S/C52H86O20/c1-32(2)52(12,43(62)72-22)31-51(11,42(61)71-21)30-50(10,41(60)70-20)29-49(9,40(59)69-19)28-48(8,39(58)68-18)27-47(7,38(57)67-17)26-46(6,37(56)66-16)25-45(5,36(55)65-15)24-44(4,35(54)64-14)23-33(3)34(53)63-13/h32-33H,23-31H2,1-22H3. The van der Waals surface area contributed by atoms with Gasteiger partial charge in [0.05, 0.1) is 126 Å². The Hall–Kier alpha value is -5.30. The van der Waals surface area contributed by atoms with Gasteiger partial charge in [-0.1, -0.05) is 20.8 Å². The Morgan fingerprint density at radius 3 is 0.639 bits per heavy atom. The molecule has 0 N–H and O–H groups in total. The van der Waals surface area contributed by atoms with Crippen molar-refractivity contribution in [3.63, 3.8) is 0 Å². The van der Waals surface area contributed by atoms with Crippen LogP contribution in [-0.4, -0.2) is 131 Å². The molecule has 0 spiro atoms. The van der Waals surface area contributed by atoms with Crippen molar-refractivity contribution in [2.75, 3.05) is 71.1 Å². The molecule has 0 aromatic rings. The Labute approximate surface area is 426 Å². The summed E-state index contributed by atoms with van der Waals surface area (Å²) in [7, 11) is 11.4. The number of ether oxygens (including phenoxy) is 10. The zero-order valence-electron chi connectivity index (χ0n) is 47.2. The largest absolute Gasteiger partial charge is 0.469 e. The van der Waals surface area contributed by atoms with Crippen LogP contribution in [0.15, 0.2) is 0 Å². The predicted octanol–water partition coefficient (Wildman–Crippen LogP) is 6.58. The van der Waals surface area contributed by atoms with Crippen LogP contribution in [0, 0.1) is 60.6 Å². The molecule has 0 saturated carbocycles. The van der Waals surface area contributed by atoms with E-state index in [1.807, 2.05) is 0 Å². The lowest BCUT2D eigenvalue weighted by Gasteiger charge is -2.47. The molecule has 20 heteroatoms. The summed E-state index contributed by atoms with van der Waals surface area (Å²) >= 11 is 0. The number of carbonyl (C=O) groups excluding carboxylic acids is 10. The van der Waals surface area contributed by atoms with Crippen molar-refractivity contribution in [2.24, 2.45) is 60.6 Å². The first-order valence-corrected chi connectivity index (χ1v) is 23.6. The molecule has 10 atom stereocenters. The Kier molecular flexibility index (Phi) is 23.7. The van der Waals surface area contributed by atoms with E-state index < -0.39 is 146 Å². The Morgan fingerprint density at radius 1 is 0.278 bits per heavy atom. The summed E-state index contributed by atoms with van der Waals surface area (Å²) in [6, 6.07) is 0. The van der Waals surface area contributed by atoms with Gasteiger partial charge >= 0.3 is 59.7 Å². The van der Waals surface area contributed by atoms with Gasteiger partial charge in [-0.2, -0.15) is 0 Å². The maximum Gasteiger partial charge on any atom is 0.311 e. The molecule has 0 aromatic carbocycles. The highest BCUT2D eigenvalue weighted by Gasteiger charge is 2.60.